The monoisotopic (exact) mass is 402 g/mol. The van der Waals surface area contributed by atoms with Crippen LogP contribution in [-0.2, 0) is 0 Å². The van der Waals surface area contributed by atoms with Crippen LogP contribution in [0.4, 0.5) is 0 Å². The minimum absolute atomic E-state index is 0.0969. The highest BCUT2D eigenvalue weighted by Crippen LogP contribution is 2.67. The predicted octanol–water partition coefficient (Wildman–Crippen LogP) is 6.50. The van der Waals surface area contributed by atoms with E-state index in [0.29, 0.717) is 10.8 Å². The highest BCUT2D eigenvalue weighted by Gasteiger charge is 2.59. The van der Waals surface area contributed by atoms with Crippen molar-refractivity contribution in [2.75, 3.05) is 0 Å². The Balaban J connectivity index is 1.47. The quantitative estimate of drug-likeness (QED) is 0.515. The fraction of sp³-hybridized carbons (Fsp3) is 0.926. The van der Waals surface area contributed by atoms with Crippen molar-refractivity contribution in [3.05, 3.63) is 11.6 Å². The Hall–Kier alpha value is -0.340. The van der Waals surface area contributed by atoms with Gasteiger partial charge in [0.1, 0.15) is 0 Å². The lowest BCUT2D eigenvalue weighted by Crippen LogP contribution is -2.50. The second kappa shape index (κ2) is 7.66. The summed E-state index contributed by atoms with van der Waals surface area (Å²) < 4.78 is 0. The van der Waals surface area contributed by atoms with Crippen LogP contribution in [0.1, 0.15) is 105 Å². The smallest absolute Gasteiger partial charge is 0.0591 e. The van der Waals surface area contributed by atoms with E-state index in [0.717, 1.165) is 55.3 Å². The molecule has 0 amide bonds. The molecule has 8 atom stereocenters. The van der Waals surface area contributed by atoms with E-state index in [1.54, 1.807) is 5.57 Å². The lowest BCUT2D eigenvalue weighted by Gasteiger charge is -2.58. The van der Waals surface area contributed by atoms with Crippen molar-refractivity contribution in [1.29, 1.82) is 0 Å². The van der Waals surface area contributed by atoms with Gasteiger partial charge >= 0.3 is 0 Å². The number of fused-ring (bicyclic) bond motifs is 5. The van der Waals surface area contributed by atoms with Crippen LogP contribution in [-0.4, -0.2) is 21.9 Å². The number of aliphatic hydroxyl groups is 2. The summed E-state index contributed by atoms with van der Waals surface area (Å²) in [7, 11) is 0. The maximum Gasteiger partial charge on any atom is 0.0591 e. The van der Waals surface area contributed by atoms with Crippen molar-refractivity contribution in [3.63, 3.8) is 0 Å². The largest absolute Gasteiger partial charge is 0.393 e. The van der Waals surface area contributed by atoms with Gasteiger partial charge in [0.15, 0.2) is 0 Å². The maximum atomic E-state index is 10.2. The van der Waals surface area contributed by atoms with Crippen LogP contribution in [0.2, 0.25) is 0 Å². The van der Waals surface area contributed by atoms with E-state index in [1.807, 2.05) is 13.8 Å². The van der Waals surface area contributed by atoms with Gasteiger partial charge in [-0.15, -0.1) is 0 Å². The maximum absolute atomic E-state index is 10.2. The van der Waals surface area contributed by atoms with Gasteiger partial charge in [-0.3, -0.25) is 0 Å². The van der Waals surface area contributed by atoms with Gasteiger partial charge in [0.25, 0.3) is 0 Å². The molecule has 0 aromatic heterocycles. The molecule has 2 N–H and O–H groups in total. The zero-order valence-corrected chi connectivity index (χ0v) is 19.7. The van der Waals surface area contributed by atoms with Crippen LogP contribution in [0.15, 0.2) is 11.6 Å². The minimum atomic E-state index is -0.519. The van der Waals surface area contributed by atoms with E-state index in [1.165, 1.54) is 44.9 Å². The van der Waals surface area contributed by atoms with Crippen LogP contribution < -0.4 is 0 Å². The van der Waals surface area contributed by atoms with Gasteiger partial charge in [-0.2, -0.15) is 0 Å². The molecule has 2 heteroatoms. The van der Waals surface area contributed by atoms with Crippen LogP contribution in [0.5, 0.6) is 0 Å². The molecule has 4 aliphatic carbocycles. The Labute approximate surface area is 179 Å². The van der Waals surface area contributed by atoms with Crippen molar-refractivity contribution in [2.45, 2.75) is 117 Å². The summed E-state index contributed by atoms with van der Waals surface area (Å²) >= 11 is 0. The van der Waals surface area contributed by atoms with Gasteiger partial charge in [-0.25, -0.2) is 0 Å². The van der Waals surface area contributed by atoms with E-state index in [4.69, 9.17) is 0 Å². The third-order valence-corrected chi connectivity index (χ3v) is 10.3. The molecular formula is C27H46O2. The molecule has 0 aromatic rings. The number of aliphatic hydroxyl groups excluding tert-OH is 1. The highest BCUT2D eigenvalue weighted by molar-refractivity contribution is 5.25. The van der Waals surface area contributed by atoms with Crippen molar-refractivity contribution in [2.24, 2.45) is 40.4 Å². The zero-order chi connectivity index (χ0) is 21.0. The molecule has 0 unspecified atom stereocenters. The molecule has 2 nitrogen and oxygen atoms in total. The summed E-state index contributed by atoms with van der Waals surface area (Å²) in [6, 6.07) is 0. The zero-order valence-electron chi connectivity index (χ0n) is 19.7. The third-order valence-electron chi connectivity index (χ3n) is 10.3. The first-order valence-electron chi connectivity index (χ1n) is 12.6. The van der Waals surface area contributed by atoms with Crippen LogP contribution in [0, 0.1) is 40.4 Å². The number of rotatable bonds is 5. The Kier molecular flexibility index (Phi) is 5.78. The molecule has 29 heavy (non-hydrogen) atoms. The molecule has 3 saturated carbocycles. The second-order valence-electron chi connectivity index (χ2n) is 12.6. The molecule has 4 rings (SSSR count). The van der Waals surface area contributed by atoms with Gasteiger partial charge in [0.2, 0.25) is 0 Å². The van der Waals surface area contributed by atoms with Gasteiger partial charge in [0, 0.05) is 0 Å². The molecule has 0 heterocycles. The predicted molar refractivity (Wildman–Crippen MR) is 121 cm³/mol. The van der Waals surface area contributed by atoms with Crippen LogP contribution >= 0.6 is 0 Å². The van der Waals surface area contributed by atoms with Crippen molar-refractivity contribution < 1.29 is 10.2 Å². The fourth-order valence-corrected chi connectivity index (χ4v) is 8.67. The summed E-state index contributed by atoms with van der Waals surface area (Å²) in [6.07, 6.45) is 15.9. The Morgan fingerprint density at radius 2 is 1.86 bits per heavy atom. The van der Waals surface area contributed by atoms with Crippen LogP contribution in [0.3, 0.4) is 0 Å². The lowest BCUT2D eigenvalue weighted by atomic mass is 9.47. The second-order valence-corrected chi connectivity index (χ2v) is 12.6. The Morgan fingerprint density at radius 3 is 2.59 bits per heavy atom. The molecule has 166 valence electrons. The topological polar surface area (TPSA) is 40.5 Å². The first-order chi connectivity index (χ1) is 13.5. The molecule has 0 aromatic carbocycles. The van der Waals surface area contributed by atoms with E-state index in [2.05, 4.69) is 26.8 Å². The lowest BCUT2D eigenvalue weighted by molar-refractivity contribution is -0.0575. The minimum Gasteiger partial charge on any atom is -0.393 e. The SMILES string of the molecule is C[C@H](CCCC(C)(C)O)[C@H]1CC[C@H]2[C@@H]3CC=C4C[C@@H](O)CC[C@]4(C)[C@H]3CC[C@]12C. The molecule has 4 aliphatic rings. The van der Waals surface area contributed by atoms with Crippen molar-refractivity contribution >= 4 is 0 Å². The summed E-state index contributed by atoms with van der Waals surface area (Å²) in [5.41, 5.74) is 1.95. The molecule has 0 spiro atoms. The molecule has 0 saturated heterocycles. The van der Waals surface area contributed by atoms with Gasteiger partial charge < -0.3 is 10.2 Å². The van der Waals surface area contributed by atoms with Crippen LogP contribution in [0.25, 0.3) is 0 Å². The average Bonchev–Trinajstić information content (AvgIpc) is 2.98. The van der Waals surface area contributed by atoms with E-state index >= 15 is 0 Å². The van der Waals surface area contributed by atoms with Crippen molar-refractivity contribution in [1.82, 2.24) is 0 Å². The van der Waals surface area contributed by atoms with Gasteiger partial charge in [-0.05, 0) is 112 Å². The fourth-order valence-electron chi connectivity index (χ4n) is 8.67. The Bertz CT molecular complexity index is 631. The molecule has 3 fully saturated rings. The summed E-state index contributed by atoms with van der Waals surface area (Å²) in [4.78, 5) is 0. The molecule has 0 aliphatic heterocycles. The van der Waals surface area contributed by atoms with Crippen molar-refractivity contribution in [3.8, 4) is 0 Å². The first kappa shape index (κ1) is 21.9. The number of allylic oxidation sites excluding steroid dienone is 1. The van der Waals surface area contributed by atoms with E-state index < -0.39 is 5.60 Å². The highest BCUT2D eigenvalue weighted by atomic mass is 16.3. The number of hydrogen-bond donors (Lipinski definition) is 2. The summed E-state index contributed by atoms with van der Waals surface area (Å²) in [5.74, 6) is 4.24. The first-order valence-corrected chi connectivity index (χ1v) is 12.6. The van der Waals surface area contributed by atoms with E-state index in [-0.39, 0.29) is 6.10 Å². The molecular weight excluding hydrogens is 356 g/mol. The molecule has 0 bridgehead atoms. The normalized spacial score (nSPS) is 45.8. The number of hydrogen-bond acceptors (Lipinski definition) is 2. The average molecular weight is 403 g/mol. The van der Waals surface area contributed by atoms with Gasteiger partial charge in [-0.1, -0.05) is 45.3 Å². The summed E-state index contributed by atoms with van der Waals surface area (Å²) in [6.45, 7) is 11.6. The third kappa shape index (κ3) is 3.86. The summed E-state index contributed by atoms with van der Waals surface area (Å²) in [5, 5.41) is 20.3. The molecule has 0 radical (unpaired) electrons. The standard InChI is InChI=1S/C27H46O2/c1-18(7-6-14-25(2,3)29)22-10-11-23-21-9-8-19-17-20(28)12-15-26(19,4)24(21)13-16-27(22,23)5/h8,18,20-24,28-29H,6-7,9-17H2,1-5H3/t18-,20+,21+,22-,23+,24+,26+,27-/m1/s1. The Morgan fingerprint density at radius 1 is 1.10 bits per heavy atom. The van der Waals surface area contributed by atoms with Gasteiger partial charge in [0.05, 0.1) is 11.7 Å². The van der Waals surface area contributed by atoms with E-state index in [9.17, 15) is 10.2 Å².